The number of hydrogen-bond donors (Lipinski definition) is 2. The van der Waals surface area contributed by atoms with Crippen LogP contribution in [0.1, 0.15) is 120 Å². The minimum atomic E-state index is -0.635. The zero-order valence-electron chi connectivity index (χ0n) is 30.0. The second-order valence-corrected chi connectivity index (χ2v) is 18.2. The van der Waals surface area contributed by atoms with Crippen LogP contribution in [0, 0.1) is 62.6 Å². The summed E-state index contributed by atoms with van der Waals surface area (Å²) in [6, 6.07) is -0.00716. The van der Waals surface area contributed by atoms with Gasteiger partial charge in [-0.15, -0.1) is 0 Å². The lowest BCUT2D eigenvalue weighted by Crippen LogP contribution is -2.70. The van der Waals surface area contributed by atoms with Crippen LogP contribution in [0.25, 0.3) is 0 Å². The summed E-state index contributed by atoms with van der Waals surface area (Å²) in [7, 11) is 0. The predicted octanol–water partition coefficient (Wildman–Crippen LogP) is 7.41. The highest BCUT2D eigenvalue weighted by molar-refractivity contribution is 5.73. The zero-order chi connectivity index (χ0) is 33.4. The van der Waals surface area contributed by atoms with Gasteiger partial charge in [-0.2, -0.15) is 0 Å². The predicted molar refractivity (Wildman–Crippen MR) is 179 cm³/mol. The number of nitrogens with two attached hydrogens (primary N) is 1. The van der Waals surface area contributed by atoms with Crippen LogP contribution in [-0.4, -0.2) is 55.1 Å². The van der Waals surface area contributed by atoms with E-state index in [9.17, 15) is 14.7 Å². The highest BCUT2D eigenvalue weighted by Gasteiger charge is 2.72. The van der Waals surface area contributed by atoms with Gasteiger partial charge in [0.1, 0.15) is 12.2 Å². The van der Waals surface area contributed by atoms with Gasteiger partial charge in [0.2, 0.25) is 0 Å². The summed E-state index contributed by atoms with van der Waals surface area (Å²) in [5.74, 6) is 0.528. The molecule has 0 radical (unpaired) electrons. The van der Waals surface area contributed by atoms with Gasteiger partial charge in [0.25, 0.3) is 0 Å². The minimum absolute atomic E-state index is 0.00716. The van der Waals surface area contributed by atoms with E-state index >= 15 is 0 Å². The average molecular weight is 642 g/mol. The van der Waals surface area contributed by atoms with Crippen LogP contribution in [0.5, 0.6) is 0 Å². The van der Waals surface area contributed by atoms with Crippen LogP contribution in [0.4, 0.5) is 0 Å². The van der Waals surface area contributed by atoms with Crippen LogP contribution in [0.2, 0.25) is 0 Å². The maximum absolute atomic E-state index is 13.4. The van der Waals surface area contributed by atoms with E-state index in [-0.39, 0.29) is 57.2 Å². The molecule has 3 unspecified atom stereocenters. The molecule has 0 amide bonds. The molecule has 5 aliphatic carbocycles. The first kappa shape index (κ1) is 34.4. The van der Waals surface area contributed by atoms with E-state index in [1.54, 1.807) is 0 Å². The molecule has 0 spiro atoms. The van der Waals surface area contributed by atoms with Crippen LogP contribution in [-0.2, 0) is 23.8 Å². The van der Waals surface area contributed by atoms with Crippen molar-refractivity contribution in [2.75, 3.05) is 19.8 Å². The Labute approximate surface area is 278 Å². The van der Waals surface area contributed by atoms with E-state index in [1.165, 1.54) is 38.2 Å². The first-order valence-electron chi connectivity index (χ1n) is 18.6. The number of allylic oxidation sites excluding steroid dienone is 1. The average Bonchev–Trinajstić information content (AvgIpc) is 3.52. The first-order valence-corrected chi connectivity index (χ1v) is 18.6. The molecule has 1 heterocycles. The number of ether oxygens (including phenoxy) is 3. The quantitative estimate of drug-likeness (QED) is 0.210. The number of carbonyl (C=O) groups excluding carboxylic acids is 1. The van der Waals surface area contributed by atoms with Crippen molar-refractivity contribution in [2.24, 2.45) is 68.3 Å². The Morgan fingerprint density at radius 3 is 2.35 bits per heavy atom. The number of rotatable bonds is 8. The molecule has 46 heavy (non-hydrogen) atoms. The van der Waals surface area contributed by atoms with Crippen molar-refractivity contribution in [1.29, 1.82) is 0 Å². The van der Waals surface area contributed by atoms with Gasteiger partial charge in [0.05, 0.1) is 25.7 Å². The SMILES string of the molecule is CC(=O)O[C@@H]1C[C@@]23COC[C@](C)(C1OCC(N)C1CCCC1)[C@@H]2CC[C@H]1C3=CC[C@@]2(C)[C@H](C(=O)O)[C@@](C)([C@H](C)C(C)C)CCC12C. The maximum atomic E-state index is 13.4. The molecule has 2 bridgehead atoms. The standard InChI is InChI=1S/C39H63NO6/c1-23(2)24(3)35(5)17-18-37(7)27-13-14-31-36(6)21-44-22-39(31,28(27)15-16-38(37,8)32(35)34(42)43)19-30(46-25(4)41)33(36)45-20-29(40)26-11-9-10-12-26/h15,23-24,26-27,29-33H,9-14,16-22,40H2,1-8H3,(H,42,43)/t24-,27+,29?,30-,31+,32-,33?,35-,36+,37?,38+,39+/m1/s1. The molecule has 6 aliphatic rings. The Balaban J connectivity index is 1.37. The highest BCUT2D eigenvalue weighted by atomic mass is 16.6. The van der Waals surface area contributed by atoms with Crippen molar-refractivity contribution >= 4 is 11.9 Å². The molecule has 0 aromatic rings. The van der Waals surface area contributed by atoms with Gasteiger partial charge >= 0.3 is 11.9 Å². The summed E-state index contributed by atoms with van der Waals surface area (Å²) < 4.78 is 19.6. The van der Waals surface area contributed by atoms with Gasteiger partial charge < -0.3 is 25.1 Å². The lowest BCUT2D eigenvalue weighted by atomic mass is 9.34. The van der Waals surface area contributed by atoms with Crippen molar-refractivity contribution in [3.05, 3.63) is 11.6 Å². The van der Waals surface area contributed by atoms with Gasteiger partial charge in [-0.3, -0.25) is 9.59 Å². The van der Waals surface area contributed by atoms with Crippen molar-refractivity contribution < 1.29 is 28.9 Å². The fraction of sp³-hybridized carbons (Fsp3) is 0.897. The molecular weight excluding hydrogens is 578 g/mol. The van der Waals surface area contributed by atoms with Crippen LogP contribution >= 0.6 is 0 Å². The van der Waals surface area contributed by atoms with Crippen molar-refractivity contribution in [1.82, 2.24) is 0 Å². The third kappa shape index (κ3) is 4.89. The molecule has 260 valence electrons. The van der Waals surface area contributed by atoms with Crippen LogP contribution in [0.15, 0.2) is 11.6 Å². The smallest absolute Gasteiger partial charge is 0.307 e. The Morgan fingerprint density at radius 2 is 1.72 bits per heavy atom. The third-order valence-electron chi connectivity index (χ3n) is 15.9. The van der Waals surface area contributed by atoms with E-state index in [1.807, 2.05) is 0 Å². The van der Waals surface area contributed by atoms with Gasteiger partial charge in [-0.1, -0.05) is 73.0 Å². The molecule has 0 aromatic carbocycles. The van der Waals surface area contributed by atoms with Gasteiger partial charge in [0, 0.05) is 23.8 Å². The normalized spacial score (nSPS) is 46.8. The number of carbonyl (C=O) groups is 2. The van der Waals surface area contributed by atoms with Crippen molar-refractivity contribution in [3.8, 4) is 0 Å². The molecule has 6 rings (SSSR count). The summed E-state index contributed by atoms with van der Waals surface area (Å²) in [6.45, 7) is 19.3. The number of carboxylic acid groups (broad SMARTS) is 1. The molecule has 7 nitrogen and oxygen atoms in total. The van der Waals surface area contributed by atoms with Gasteiger partial charge in [-0.05, 0) is 97.2 Å². The van der Waals surface area contributed by atoms with E-state index in [4.69, 9.17) is 19.9 Å². The molecule has 12 atom stereocenters. The molecule has 5 fully saturated rings. The fourth-order valence-corrected chi connectivity index (χ4v) is 12.9. The van der Waals surface area contributed by atoms with Crippen LogP contribution in [0.3, 0.4) is 0 Å². The second-order valence-electron chi connectivity index (χ2n) is 18.2. The monoisotopic (exact) mass is 641 g/mol. The lowest BCUT2D eigenvalue weighted by molar-refractivity contribution is -0.267. The van der Waals surface area contributed by atoms with E-state index in [0.717, 1.165) is 32.1 Å². The Bertz CT molecular complexity index is 1230. The molecule has 3 N–H and O–H groups in total. The number of esters is 1. The highest BCUT2D eigenvalue weighted by Crippen LogP contribution is 2.75. The van der Waals surface area contributed by atoms with Crippen molar-refractivity contribution in [2.45, 2.75) is 138 Å². The van der Waals surface area contributed by atoms with Gasteiger partial charge in [-0.25, -0.2) is 0 Å². The van der Waals surface area contributed by atoms with E-state index < -0.39 is 11.9 Å². The summed E-state index contributed by atoms with van der Waals surface area (Å²) >= 11 is 0. The molecule has 1 saturated heterocycles. The summed E-state index contributed by atoms with van der Waals surface area (Å²) in [4.78, 5) is 26.0. The Hall–Kier alpha value is -1.44. The molecule has 7 heteroatoms. The van der Waals surface area contributed by atoms with Gasteiger partial charge in [0.15, 0.2) is 0 Å². The minimum Gasteiger partial charge on any atom is -0.481 e. The maximum Gasteiger partial charge on any atom is 0.307 e. The topological polar surface area (TPSA) is 108 Å². The number of aliphatic carboxylic acids is 1. The first-order chi connectivity index (χ1) is 21.5. The Kier molecular flexibility index (Phi) is 8.88. The van der Waals surface area contributed by atoms with Crippen molar-refractivity contribution in [3.63, 3.8) is 0 Å². The molecule has 1 aliphatic heterocycles. The Morgan fingerprint density at radius 1 is 1.02 bits per heavy atom. The third-order valence-corrected chi connectivity index (χ3v) is 15.9. The summed E-state index contributed by atoms with van der Waals surface area (Å²) in [5, 5.41) is 11.0. The zero-order valence-corrected chi connectivity index (χ0v) is 30.0. The largest absolute Gasteiger partial charge is 0.481 e. The lowest BCUT2D eigenvalue weighted by Gasteiger charge is -2.71. The fourth-order valence-electron chi connectivity index (χ4n) is 12.9. The molecular formula is C39H63NO6. The number of carboxylic acids is 1. The molecule has 4 saturated carbocycles. The van der Waals surface area contributed by atoms with Crippen LogP contribution < -0.4 is 5.73 Å². The molecule has 0 aromatic heterocycles. The summed E-state index contributed by atoms with van der Waals surface area (Å²) in [6.07, 6.45) is 12.1. The van der Waals surface area contributed by atoms with E-state index in [2.05, 4.69) is 54.5 Å². The number of hydrogen-bond acceptors (Lipinski definition) is 6. The van der Waals surface area contributed by atoms with E-state index in [0.29, 0.717) is 49.9 Å². The second kappa shape index (κ2) is 11.9. The summed E-state index contributed by atoms with van der Waals surface area (Å²) in [5.41, 5.74) is 6.80. The number of fused-ring (bicyclic) bond motifs is 3.